The molecular weight excluding hydrogens is 405 g/mol. The van der Waals surface area contributed by atoms with E-state index in [0.717, 1.165) is 12.1 Å². The van der Waals surface area contributed by atoms with Crippen molar-refractivity contribution in [1.82, 2.24) is 20.5 Å². The predicted octanol–water partition coefficient (Wildman–Crippen LogP) is 2.00. The summed E-state index contributed by atoms with van der Waals surface area (Å²) in [5.74, 6) is -0.524. The highest BCUT2D eigenvalue weighted by Gasteiger charge is 2.45. The molecule has 0 spiro atoms. The Morgan fingerprint density at radius 3 is 2.59 bits per heavy atom. The first kappa shape index (κ1) is 20.7. The number of nitrogens with zero attached hydrogens (tertiary/aromatic N) is 3. The first-order chi connectivity index (χ1) is 12.5. The van der Waals surface area contributed by atoms with E-state index in [1.807, 2.05) is 0 Å². The summed E-state index contributed by atoms with van der Waals surface area (Å²) in [5.41, 5.74) is -5.30. The molecule has 0 radical (unpaired) electrons. The van der Waals surface area contributed by atoms with Gasteiger partial charge in [-0.2, -0.15) is 13.2 Å². The molecule has 0 aliphatic carbocycles. The number of nitrogens with one attached hydrogen (secondary N) is 2. The van der Waals surface area contributed by atoms with Crippen molar-refractivity contribution in [3.8, 4) is 0 Å². The van der Waals surface area contributed by atoms with Crippen LogP contribution >= 0.6 is 0 Å². The van der Waals surface area contributed by atoms with Gasteiger partial charge >= 0.3 is 15.5 Å². The molecule has 0 aliphatic heterocycles. The minimum atomic E-state index is -5.66. The molecule has 148 valence electrons. The summed E-state index contributed by atoms with van der Waals surface area (Å²) in [6, 6.07) is 4.67. The van der Waals surface area contributed by atoms with Gasteiger partial charge in [-0.15, -0.1) is 0 Å². The highest BCUT2D eigenvalue weighted by molar-refractivity contribution is 7.90. The first-order valence-electron chi connectivity index (χ1n) is 6.80. The third-order valence-electron chi connectivity index (χ3n) is 2.98. The van der Waals surface area contributed by atoms with E-state index in [4.69, 9.17) is 5.21 Å². The third-order valence-corrected chi connectivity index (χ3v) is 4.12. The largest absolute Gasteiger partial charge is 0.511 e. The number of benzene rings is 1. The molecule has 0 bridgehead atoms. The summed E-state index contributed by atoms with van der Waals surface area (Å²) < 4.78 is 90.0. The summed E-state index contributed by atoms with van der Waals surface area (Å²) in [7, 11) is -5.66. The van der Waals surface area contributed by atoms with Crippen molar-refractivity contribution >= 4 is 21.5 Å². The molecule has 0 amide bonds. The zero-order chi connectivity index (χ0) is 20.2. The minimum absolute atomic E-state index is 0.0610. The number of alkyl halides is 5. The van der Waals surface area contributed by atoms with Crippen molar-refractivity contribution in [2.75, 3.05) is 0 Å². The Labute approximate surface area is 147 Å². The summed E-state index contributed by atoms with van der Waals surface area (Å²) >= 11 is 0. The number of halogens is 5. The Balaban J connectivity index is 2.30. The summed E-state index contributed by atoms with van der Waals surface area (Å²) in [6.07, 6.45) is -2.79. The van der Waals surface area contributed by atoms with Crippen LogP contribution in [0.1, 0.15) is 23.4 Å². The second-order valence-electron chi connectivity index (χ2n) is 4.80. The maximum absolute atomic E-state index is 12.7. The fourth-order valence-electron chi connectivity index (χ4n) is 1.74. The smallest absolute Gasteiger partial charge is 0.290 e. The predicted molar refractivity (Wildman–Crippen MR) is 78.6 cm³/mol. The van der Waals surface area contributed by atoms with Crippen LogP contribution in [0.5, 0.6) is 0 Å². The van der Waals surface area contributed by atoms with E-state index in [9.17, 15) is 30.4 Å². The Kier molecular flexibility index (Phi) is 6.07. The molecule has 27 heavy (non-hydrogen) atoms. The monoisotopic (exact) mass is 415 g/mol. The summed E-state index contributed by atoms with van der Waals surface area (Å²) in [5, 5.41) is 15.7. The number of rotatable bonds is 6. The van der Waals surface area contributed by atoms with Gasteiger partial charge in [-0.25, -0.2) is 31.5 Å². The fourth-order valence-corrected chi connectivity index (χ4v) is 2.23. The van der Waals surface area contributed by atoms with Gasteiger partial charge in [0.2, 0.25) is 0 Å². The van der Waals surface area contributed by atoms with E-state index in [0.29, 0.717) is 0 Å². The lowest BCUT2D eigenvalue weighted by atomic mass is 10.2. The lowest BCUT2D eigenvalue weighted by Gasteiger charge is -2.08. The van der Waals surface area contributed by atoms with Crippen molar-refractivity contribution in [2.24, 2.45) is 4.99 Å². The zero-order valence-electron chi connectivity index (χ0n) is 12.9. The number of sulfonamides is 1. The summed E-state index contributed by atoms with van der Waals surface area (Å²) in [4.78, 5) is 3.78. The number of amidine groups is 1. The fraction of sp³-hybridized carbons (Fsp3) is 0.250. The lowest BCUT2D eigenvalue weighted by Crippen LogP contribution is -2.36. The quantitative estimate of drug-likeness (QED) is 0.285. The second-order valence-corrected chi connectivity index (χ2v) is 6.56. The van der Waals surface area contributed by atoms with E-state index in [1.54, 1.807) is 5.48 Å². The molecular formula is C12H10F5N5O4S. The van der Waals surface area contributed by atoms with Gasteiger partial charge in [0.1, 0.15) is 5.69 Å². The van der Waals surface area contributed by atoms with Gasteiger partial charge in [0.05, 0.1) is 12.2 Å². The Hall–Kier alpha value is -2.65. The van der Waals surface area contributed by atoms with Crippen LogP contribution in [0.25, 0.3) is 0 Å². The maximum atomic E-state index is 12.7. The molecule has 1 heterocycles. The average Bonchev–Trinajstić information content (AvgIpc) is 3.05. The van der Waals surface area contributed by atoms with Crippen LogP contribution in [0.15, 0.2) is 33.9 Å². The van der Waals surface area contributed by atoms with Crippen LogP contribution in [0.4, 0.5) is 27.6 Å². The average molecular weight is 415 g/mol. The van der Waals surface area contributed by atoms with Gasteiger partial charge in [0.15, 0.2) is 11.5 Å². The zero-order valence-corrected chi connectivity index (χ0v) is 13.7. The van der Waals surface area contributed by atoms with Crippen LogP contribution in [0.3, 0.4) is 0 Å². The third kappa shape index (κ3) is 4.95. The second kappa shape index (κ2) is 7.93. The molecule has 2 rings (SSSR count). The molecule has 0 fully saturated rings. The molecule has 0 atom stereocenters. The van der Waals surface area contributed by atoms with Crippen molar-refractivity contribution in [2.45, 2.75) is 18.5 Å². The van der Waals surface area contributed by atoms with E-state index in [-0.39, 0.29) is 11.3 Å². The number of hydroxylamine groups is 1. The van der Waals surface area contributed by atoms with E-state index in [1.165, 1.54) is 16.9 Å². The van der Waals surface area contributed by atoms with Gasteiger partial charge in [0.25, 0.3) is 6.43 Å². The molecule has 3 N–H and O–H groups in total. The van der Waals surface area contributed by atoms with Gasteiger partial charge in [-0.3, -0.25) is 10.7 Å². The van der Waals surface area contributed by atoms with Crippen molar-refractivity contribution < 1.29 is 40.2 Å². The Morgan fingerprint density at radius 1 is 1.30 bits per heavy atom. The van der Waals surface area contributed by atoms with Gasteiger partial charge in [0, 0.05) is 5.56 Å². The number of hydrogen-bond acceptors (Lipinski definition) is 7. The van der Waals surface area contributed by atoms with Crippen molar-refractivity contribution in [3.63, 3.8) is 0 Å². The lowest BCUT2D eigenvalue weighted by molar-refractivity contribution is -0.0448. The summed E-state index contributed by atoms with van der Waals surface area (Å²) in [6.45, 7) is -0.988. The topological polar surface area (TPSA) is 130 Å². The highest BCUT2D eigenvalue weighted by Crippen LogP contribution is 2.24. The van der Waals surface area contributed by atoms with Crippen LogP contribution < -0.4 is 10.2 Å². The first-order valence-corrected chi connectivity index (χ1v) is 8.28. The number of aliphatic imine (C=N–C) groups is 1. The number of aromatic nitrogens is 2. The Morgan fingerprint density at radius 2 is 2.00 bits per heavy atom. The van der Waals surface area contributed by atoms with Crippen LogP contribution in [-0.2, 0) is 16.6 Å². The maximum Gasteiger partial charge on any atom is 0.511 e. The van der Waals surface area contributed by atoms with E-state index < -0.39 is 45.7 Å². The standard InChI is InChI=1S/C12H10F5N5O4S/c13-10(14)6-2-1-3-7(4-6)19-11(20-23)9-8(21-26-22-9)5-18-27(24,25)12(15,16)17/h1-4,10,18,23H,5H2,(H,19,20). The molecule has 2 aromatic rings. The van der Waals surface area contributed by atoms with Gasteiger partial charge < -0.3 is 0 Å². The number of hydrogen-bond donors (Lipinski definition) is 3. The molecule has 1 aromatic carbocycles. The molecule has 0 saturated carbocycles. The van der Waals surface area contributed by atoms with Gasteiger partial charge in [-0.1, -0.05) is 17.3 Å². The molecule has 1 aromatic heterocycles. The molecule has 0 unspecified atom stereocenters. The van der Waals surface area contributed by atoms with Crippen molar-refractivity contribution in [3.05, 3.63) is 41.2 Å². The van der Waals surface area contributed by atoms with E-state index >= 15 is 0 Å². The van der Waals surface area contributed by atoms with Crippen LogP contribution in [0, 0.1) is 0 Å². The minimum Gasteiger partial charge on any atom is -0.290 e. The molecule has 0 aliphatic rings. The van der Waals surface area contributed by atoms with Crippen LogP contribution in [-0.4, -0.2) is 35.3 Å². The highest BCUT2D eigenvalue weighted by atomic mass is 32.2. The molecule has 9 nitrogen and oxygen atoms in total. The van der Waals surface area contributed by atoms with Crippen molar-refractivity contribution in [1.29, 1.82) is 0 Å². The van der Waals surface area contributed by atoms with E-state index in [2.05, 4.69) is 19.9 Å². The van der Waals surface area contributed by atoms with Gasteiger partial charge in [-0.05, 0) is 17.3 Å². The Bertz CT molecular complexity index is 928. The molecule has 0 saturated heterocycles. The SMILES string of the molecule is O=S(=O)(NCc1nonc1C(=Nc1cccc(C(F)F)c1)NO)C(F)(F)F. The normalized spacial score (nSPS) is 13.2. The van der Waals surface area contributed by atoms with Crippen LogP contribution in [0.2, 0.25) is 0 Å². The molecule has 15 heteroatoms.